The van der Waals surface area contributed by atoms with Gasteiger partial charge in [0, 0.05) is 0 Å². The van der Waals surface area contributed by atoms with Crippen molar-refractivity contribution >= 4 is 16.9 Å². The molecule has 2 aromatic rings. The number of benzene rings is 1. The first-order valence-electron chi connectivity index (χ1n) is 4.55. The first-order valence-corrected chi connectivity index (χ1v) is 4.55. The zero-order chi connectivity index (χ0) is 11.7. The van der Waals surface area contributed by atoms with Crippen LogP contribution in [0.25, 0.3) is 11.0 Å². The predicted molar refractivity (Wildman–Crippen MR) is 55.1 cm³/mol. The third-order valence-corrected chi connectivity index (χ3v) is 2.27. The number of ether oxygens (including phenoxy) is 1. The Labute approximate surface area is 90.6 Å². The third kappa shape index (κ3) is 1.59. The summed E-state index contributed by atoms with van der Waals surface area (Å²) in [5.74, 6) is -0.562. The Morgan fingerprint density at radius 3 is 3.00 bits per heavy atom. The minimum Gasteiger partial charge on any atom is -0.497 e. The van der Waals surface area contributed by atoms with Crippen molar-refractivity contribution in [2.24, 2.45) is 5.73 Å². The van der Waals surface area contributed by atoms with Crippen LogP contribution in [0.4, 0.5) is 0 Å². The number of hydrogen-bond donors (Lipinski definition) is 2. The second-order valence-corrected chi connectivity index (χ2v) is 3.25. The summed E-state index contributed by atoms with van der Waals surface area (Å²) in [6.07, 6.45) is 0. The van der Waals surface area contributed by atoms with E-state index in [4.69, 9.17) is 20.1 Å². The molecule has 0 saturated heterocycles. The van der Waals surface area contributed by atoms with Crippen LogP contribution in [-0.2, 0) is 4.79 Å². The van der Waals surface area contributed by atoms with Crippen LogP contribution in [0.1, 0.15) is 11.7 Å². The minimum absolute atomic E-state index is 0.196. The van der Waals surface area contributed by atoms with Crippen molar-refractivity contribution < 1.29 is 19.2 Å². The zero-order valence-electron chi connectivity index (χ0n) is 8.51. The highest BCUT2D eigenvalue weighted by Crippen LogP contribution is 2.26. The molecule has 0 aliphatic carbocycles. The van der Waals surface area contributed by atoms with Crippen LogP contribution in [0, 0.1) is 0 Å². The Bertz CT molecular complexity index is 535. The standard InChI is InChI=1S/C10H10N2O4/c1-15-5-2-3-7-6(4-5)9(12-16-7)8(11)10(13)14/h2-4,8H,11H2,1H3,(H,13,14). The van der Waals surface area contributed by atoms with E-state index in [9.17, 15) is 4.79 Å². The van der Waals surface area contributed by atoms with Gasteiger partial charge in [0.1, 0.15) is 11.4 Å². The summed E-state index contributed by atoms with van der Waals surface area (Å²) in [7, 11) is 1.52. The molecule has 3 N–H and O–H groups in total. The molecule has 0 saturated carbocycles. The largest absolute Gasteiger partial charge is 0.497 e. The van der Waals surface area contributed by atoms with Crippen molar-refractivity contribution in [3.8, 4) is 5.75 Å². The van der Waals surface area contributed by atoms with Crippen LogP contribution in [-0.4, -0.2) is 23.3 Å². The van der Waals surface area contributed by atoms with Gasteiger partial charge < -0.3 is 20.1 Å². The van der Waals surface area contributed by atoms with E-state index in [1.54, 1.807) is 18.2 Å². The van der Waals surface area contributed by atoms with Gasteiger partial charge in [-0.25, -0.2) is 0 Å². The van der Waals surface area contributed by atoms with Crippen molar-refractivity contribution in [1.82, 2.24) is 5.16 Å². The molecule has 6 heteroatoms. The molecule has 2 rings (SSSR count). The van der Waals surface area contributed by atoms with Gasteiger partial charge in [-0.05, 0) is 18.2 Å². The predicted octanol–water partition coefficient (Wildman–Crippen LogP) is 0.921. The average Bonchev–Trinajstić information content (AvgIpc) is 2.70. The number of rotatable bonds is 3. The van der Waals surface area contributed by atoms with Crippen LogP contribution in [0.5, 0.6) is 5.75 Å². The first-order chi connectivity index (χ1) is 7.63. The fourth-order valence-electron chi connectivity index (χ4n) is 1.40. The first kappa shape index (κ1) is 10.4. The second-order valence-electron chi connectivity index (χ2n) is 3.25. The van der Waals surface area contributed by atoms with E-state index in [0.29, 0.717) is 16.7 Å². The lowest BCUT2D eigenvalue weighted by Crippen LogP contribution is -2.21. The highest BCUT2D eigenvalue weighted by molar-refractivity contribution is 5.86. The second kappa shape index (κ2) is 3.82. The topological polar surface area (TPSA) is 98.6 Å². The number of carboxylic acid groups (broad SMARTS) is 1. The lowest BCUT2D eigenvalue weighted by molar-refractivity contribution is -0.138. The maximum atomic E-state index is 10.8. The molecule has 0 radical (unpaired) electrons. The van der Waals surface area contributed by atoms with Gasteiger partial charge in [-0.15, -0.1) is 0 Å². The maximum Gasteiger partial charge on any atom is 0.326 e. The summed E-state index contributed by atoms with van der Waals surface area (Å²) < 4.78 is 10.0. The number of aromatic nitrogens is 1. The number of nitrogens with zero attached hydrogens (tertiary/aromatic N) is 1. The number of carbonyl (C=O) groups is 1. The Morgan fingerprint density at radius 2 is 2.38 bits per heavy atom. The van der Waals surface area contributed by atoms with Gasteiger partial charge in [0.25, 0.3) is 0 Å². The maximum absolute atomic E-state index is 10.8. The summed E-state index contributed by atoms with van der Waals surface area (Å²) in [4.78, 5) is 10.8. The van der Waals surface area contributed by atoms with Crippen molar-refractivity contribution in [2.45, 2.75) is 6.04 Å². The normalized spacial score (nSPS) is 12.6. The van der Waals surface area contributed by atoms with Gasteiger partial charge in [0.15, 0.2) is 11.6 Å². The molecule has 0 fully saturated rings. The molecule has 1 unspecified atom stereocenters. The molecular weight excluding hydrogens is 212 g/mol. The Morgan fingerprint density at radius 1 is 1.62 bits per heavy atom. The van der Waals surface area contributed by atoms with E-state index >= 15 is 0 Å². The van der Waals surface area contributed by atoms with Crippen molar-refractivity contribution in [3.63, 3.8) is 0 Å². The molecule has 0 aliphatic rings. The van der Waals surface area contributed by atoms with Crippen LogP contribution in [0.15, 0.2) is 22.7 Å². The third-order valence-electron chi connectivity index (χ3n) is 2.27. The Hall–Kier alpha value is -2.08. The highest BCUT2D eigenvalue weighted by Gasteiger charge is 2.21. The molecule has 1 aromatic heterocycles. The summed E-state index contributed by atoms with van der Waals surface area (Å²) in [6.45, 7) is 0. The number of hydrogen-bond acceptors (Lipinski definition) is 5. The monoisotopic (exact) mass is 222 g/mol. The fraction of sp³-hybridized carbons (Fsp3) is 0.200. The van der Waals surface area contributed by atoms with Crippen LogP contribution >= 0.6 is 0 Å². The van der Waals surface area contributed by atoms with Gasteiger partial charge in [-0.1, -0.05) is 5.16 Å². The Kier molecular flexibility index (Phi) is 2.49. The van der Waals surface area contributed by atoms with Gasteiger partial charge in [-0.3, -0.25) is 4.79 Å². The number of nitrogens with two attached hydrogens (primary N) is 1. The quantitative estimate of drug-likeness (QED) is 0.801. The average molecular weight is 222 g/mol. The van der Waals surface area contributed by atoms with Crippen molar-refractivity contribution in [3.05, 3.63) is 23.9 Å². The molecule has 0 bridgehead atoms. The lowest BCUT2D eigenvalue weighted by atomic mass is 10.1. The zero-order valence-corrected chi connectivity index (χ0v) is 8.51. The van der Waals surface area contributed by atoms with Gasteiger partial charge >= 0.3 is 5.97 Å². The van der Waals surface area contributed by atoms with Crippen molar-refractivity contribution in [2.75, 3.05) is 7.11 Å². The van der Waals surface area contributed by atoms with Crippen LogP contribution in [0.3, 0.4) is 0 Å². The smallest absolute Gasteiger partial charge is 0.326 e. The summed E-state index contributed by atoms with van der Waals surface area (Å²) in [5.41, 5.74) is 6.15. The van der Waals surface area contributed by atoms with E-state index in [1.165, 1.54) is 7.11 Å². The number of methoxy groups -OCH3 is 1. The number of carboxylic acids is 1. The molecule has 1 atom stereocenters. The van der Waals surface area contributed by atoms with E-state index in [1.807, 2.05) is 0 Å². The fourth-order valence-corrected chi connectivity index (χ4v) is 1.40. The summed E-state index contributed by atoms with van der Waals surface area (Å²) in [5, 5.41) is 13.0. The number of aliphatic carboxylic acids is 1. The lowest BCUT2D eigenvalue weighted by Gasteiger charge is -2.02. The van der Waals surface area contributed by atoms with E-state index in [2.05, 4.69) is 5.16 Å². The molecule has 84 valence electrons. The SMILES string of the molecule is COc1ccc2onc(C(N)C(=O)O)c2c1. The van der Waals surface area contributed by atoms with Crippen molar-refractivity contribution in [1.29, 1.82) is 0 Å². The van der Waals surface area contributed by atoms with E-state index in [0.717, 1.165) is 0 Å². The number of fused-ring (bicyclic) bond motifs is 1. The Balaban J connectivity index is 2.57. The molecule has 0 amide bonds. The van der Waals surface area contributed by atoms with Crippen LogP contribution < -0.4 is 10.5 Å². The molecular formula is C10H10N2O4. The minimum atomic E-state index is -1.20. The summed E-state index contributed by atoms with van der Waals surface area (Å²) in [6, 6.07) is 3.79. The molecule has 1 aromatic carbocycles. The van der Waals surface area contributed by atoms with E-state index < -0.39 is 12.0 Å². The molecule has 1 heterocycles. The van der Waals surface area contributed by atoms with Gasteiger partial charge in [0.05, 0.1) is 12.5 Å². The molecule has 0 spiro atoms. The van der Waals surface area contributed by atoms with Gasteiger partial charge in [-0.2, -0.15) is 0 Å². The highest BCUT2D eigenvalue weighted by atomic mass is 16.5. The van der Waals surface area contributed by atoms with Gasteiger partial charge in [0.2, 0.25) is 0 Å². The van der Waals surface area contributed by atoms with E-state index in [-0.39, 0.29) is 5.69 Å². The molecule has 0 aliphatic heterocycles. The van der Waals surface area contributed by atoms with Crippen LogP contribution in [0.2, 0.25) is 0 Å². The molecule has 6 nitrogen and oxygen atoms in total. The summed E-state index contributed by atoms with van der Waals surface area (Å²) >= 11 is 0. The molecule has 16 heavy (non-hydrogen) atoms.